The predicted molar refractivity (Wildman–Crippen MR) is 169 cm³/mol. The van der Waals surface area contributed by atoms with Gasteiger partial charge in [0.25, 0.3) is 0 Å². The molecular formula is C38H46O. The molecule has 0 N–H and O–H groups in total. The summed E-state index contributed by atoms with van der Waals surface area (Å²) in [4.78, 5) is 0. The van der Waals surface area contributed by atoms with E-state index in [1.165, 1.54) is 66.1 Å². The van der Waals surface area contributed by atoms with Crippen molar-refractivity contribution in [3.8, 4) is 22.6 Å². The minimum absolute atomic E-state index is 0.0375. The lowest BCUT2D eigenvalue weighted by molar-refractivity contribution is 0.457. The van der Waals surface area contributed by atoms with Crippen molar-refractivity contribution in [2.45, 2.75) is 118 Å². The number of rotatable bonds is 0. The normalized spacial score (nSPS) is 15.2. The van der Waals surface area contributed by atoms with Crippen LogP contribution in [0.25, 0.3) is 32.7 Å². The van der Waals surface area contributed by atoms with Crippen molar-refractivity contribution in [1.29, 1.82) is 0 Å². The minimum atomic E-state index is -0.0513. The van der Waals surface area contributed by atoms with Crippen LogP contribution < -0.4 is 4.74 Å². The first-order valence-corrected chi connectivity index (χ1v) is 14.8. The van der Waals surface area contributed by atoms with Crippen LogP contribution in [0.5, 0.6) is 11.5 Å². The zero-order valence-corrected chi connectivity index (χ0v) is 26.3. The molecule has 0 spiro atoms. The molecule has 0 saturated heterocycles. The molecule has 204 valence electrons. The molecule has 0 bridgehead atoms. The fourth-order valence-electron chi connectivity index (χ4n) is 6.78. The molecule has 4 aromatic carbocycles. The van der Waals surface area contributed by atoms with E-state index >= 15 is 0 Å². The summed E-state index contributed by atoms with van der Waals surface area (Å²) in [5.74, 6) is 2.11. The smallest absolute Gasteiger partial charge is 0.139 e. The van der Waals surface area contributed by atoms with Crippen LogP contribution >= 0.6 is 0 Å². The zero-order valence-electron chi connectivity index (χ0n) is 26.3. The van der Waals surface area contributed by atoms with Crippen LogP contribution in [-0.2, 0) is 34.5 Å². The van der Waals surface area contributed by atoms with Crippen molar-refractivity contribution in [2.24, 2.45) is 0 Å². The summed E-state index contributed by atoms with van der Waals surface area (Å²) in [7, 11) is 0. The molecule has 39 heavy (non-hydrogen) atoms. The first-order valence-electron chi connectivity index (χ1n) is 14.8. The van der Waals surface area contributed by atoms with E-state index in [1.807, 2.05) is 0 Å². The van der Waals surface area contributed by atoms with Gasteiger partial charge < -0.3 is 4.74 Å². The number of ether oxygens (including phenoxy) is 1. The number of hydrogen-bond donors (Lipinski definition) is 0. The second-order valence-corrected chi connectivity index (χ2v) is 16.3. The Balaban J connectivity index is 1.87. The average Bonchev–Trinajstić information content (AvgIpc) is 2.96. The maximum absolute atomic E-state index is 7.11. The van der Waals surface area contributed by atoms with Gasteiger partial charge >= 0.3 is 0 Å². The van der Waals surface area contributed by atoms with Crippen molar-refractivity contribution >= 4 is 21.5 Å². The minimum Gasteiger partial charge on any atom is -0.456 e. The van der Waals surface area contributed by atoms with Crippen LogP contribution in [0.1, 0.15) is 116 Å². The Bertz CT molecular complexity index is 1690. The van der Waals surface area contributed by atoms with Gasteiger partial charge in [0, 0.05) is 22.1 Å². The maximum atomic E-state index is 7.11. The predicted octanol–water partition coefficient (Wildman–Crippen LogP) is 11.1. The van der Waals surface area contributed by atoms with E-state index in [4.69, 9.17) is 4.74 Å². The lowest BCUT2D eigenvalue weighted by Crippen LogP contribution is -2.18. The fraction of sp³-hybridized carbons (Fsp3) is 0.474. The molecule has 0 aromatic heterocycles. The SMILES string of the molecule is CC(C)(C)c1cc2c3c4c(c(C(C)(C)C)cc3c1)Oc1cc(C(C)(C)C)cc3cc(C(C)(C)C)c(c-4c13)CC2. The molecule has 1 heteroatoms. The van der Waals surface area contributed by atoms with Crippen molar-refractivity contribution < 1.29 is 4.74 Å². The molecule has 0 atom stereocenters. The topological polar surface area (TPSA) is 9.23 Å². The molecule has 0 unspecified atom stereocenters. The van der Waals surface area contributed by atoms with Gasteiger partial charge in [0.05, 0.1) is 0 Å². The molecule has 1 heterocycles. The van der Waals surface area contributed by atoms with Crippen LogP contribution in [0.4, 0.5) is 0 Å². The first-order chi connectivity index (χ1) is 17.9. The monoisotopic (exact) mass is 518 g/mol. The van der Waals surface area contributed by atoms with E-state index in [9.17, 15) is 0 Å². The molecule has 0 amide bonds. The van der Waals surface area contributed by atoms with E-state index in [2.05, 4.69) is 119 Å². The lowest BCUT2D eigenvalue weighted by atomic mass is 9.74. The third-order valence-corrected chi connectivity index (χ3v) is 9.04. The van der Waals surface area contributed by atoms with Crippen LogP contribution in [0, 0.1) is 0 Å². The van der Waals surface area contributed by atoms with Gasteiger partial charge in [-0.1, -0.05) is 107 Å². The summed E-state index contributed by atoms with van der Waals surface area (Å²) in [5.41, 5.74) is 11.4. The van der Waals surface area contributed by atoms with E-state index in [0.29, 0.717) is 0 Å². The molecule has 4 aromatic rings. The Morgan fingerprint density at radius 1 is 0.513 bits per heavy atom. The highest BCUT2D eigenvalue weighted by Crippen LogP contribution is 2.58. The second kappa shape index (κ2) is 7.90. The van der Waals surface area contributed by atoms with Gasteiger partial charge in [-0.15, -0.1) is 0 Å². The quantitative estimate of drug-likeness (QED) is 0.198. The van der Waals surface area contributed by atoms with Gasteiger partial charge in [0.15, 0.2) is 0 Å². The standard InChI is InChI=1S/C38H46O/c1-35(2,3)24-15-21-13-14-26-27(37(7,8)9)18-23-17-25(36(4,5)6)20-29-31(23)32(26)33-30(21)22(16-24)19-28(34(33)39-29)38(10,11)12/h15-20H,13-14H2,1-12H3. The Labute approximate surface area is 236 Å². The molecule has 0 radical (unpaired) electrons. The largest absolute Gasteiger partial charge is 0.456 e. The van der Waals surface area contributed by atoms with E-state index in [0.717, 1.165) is 24.3 Å². The van der Waals surface area contributed by atoms with Crippen molar-refractivity contribution in [2.75, 3.05) is 0 Å². The molecule has 1 nitrogen and oxygen atoms in total. The van der Waals surface area contributed by atoms with Gasteiger partial charge in [-0.2, -0.15) is 0 Å². The Hall–Kier alpha value is -2.80. The number of benzene rings is 4. The Kier molecular flexibility index (Phi) is 5.35. The third-order valence-electron chi connectivity index (χ3n) is 9.04. The molecule has 0 saturated carbocycles. The molecule has 1 aliphatic carbocycles. The van der Waals surface area contributed by atoms with Crippen LogP contribution in [-0.4, -0.2) is 0 Å². The molecule has 6 rings (SSSR count). The highest BCUT2D eigenvalue weighted by atomic mass is 16.5. The van der Waals surface area contributed by atoms with Crippen molar-refractivity contribution in [3.63, 3.8) is 0 Å². The Morgan fingerprint density at radius 2 is 1.05 bits per heavy atom. The van der Waals surface area contributed by atoms with Gasteiger partial charge in [0.2, 0.25) is 0 Å². The van der Waals surface area contributed by atoms with Crippen molar-refractivity contribution in [1.82, 2.24) is 0 Å². The maximum Gasteiger partial charge on any atom is 0.139 e. The van der Waals surface area contributed by atoms with Crippen LogP contribution in [0.2, 0.25) is 0 Å². The average molecular weight is 519 g/mol. The third kappa shape index (κ3) is 4.02. The molecule has 0 fully saturated rings. The fourth-order valence-corrected chi connectivity index (χ4v) is 6.78. The molecule has 2 aliphatic rings. The highest BCUT2D eigenvalue weighted by Gasteiger charge is 2.36. The Morgan fingerprint density at radius 3 is 1.62 bits per heavy atom. The highest BCUT2D eigenvalue weighted by molar-refractivity contribution is 6.15. The summed E-state index contributed by atoms with van der Waals surface area (Å²) in [6.45, 7) is 28.0. The van der Waals surface area contributed by atoms with E-state index in [-0.39, 0.29) is 21.7 Å². The van der Waals surface area contributed by atoms with E-state index in [1.54, 1.807) is 0 Å². The lowest BCUT2D eigenvalue weighted by Gasteiger charge is -2.34. The summed E-state index contributed by atoms with van der Waals surface area (Å²) in [5, 5.41) is 5.39. The summed E-state index contributed by atoms with van der Waals surface area (Å²) >= 11 is 0. The van der Waals surface area contributed by atoms with Crippen LogP contribution in [0.3, 0.4) is 0 Å². The van der Waals surface area contributed by atoms with Gasteiger partial charge in [-0.05, 0) is 90.6 Å². The van der Waals surface area contributed by atoms with E-state index < -0.39 is 0 Å². The summed E-state index contributed by atoms with van der Waals surface area (Å²) in [6.07, 6.45) is 2.11. The second-order valence-electron chi connectivity index (χ2n) is 16.3. The van der Waals surface area contributed by atoms with Crippen LogP contribution in [0.15, 0.2) is 36.4 Å². The molecular weight excluding hydrogens is 472 g/mol. The number of hydrogen-bond acceptors (Lipinski definition) is 1. The van der Waals surface area contributed by atoms with Gasteiger partial charge in [-0.25, -0.2) is 0 Å². The number of aryl methyl sites for hydroxylation is 1. The summed E-state index contributed by atoms with van der Waals surface area (Å²) < 4.78 is 7.11. The van der Waals surface area contributed by atoms with Gasteiger partial charge in [-0.3, -0.25) is 0 Å². The molecule has 1 aliphatic heterocycles. The van der Waals surface area contributed by atoms with Gasteiger partial charge in [0.1, 0.15) is 11.5 Å². The van der Waals surface area contributed by atoms with Crippen molar-refractivity contribution in [3.05, 3.63) is 69.8 Å². The summed E-state index contributed by atoms with van der Waals surface area (Å²) in [6, 6.07) is 14.7. The zero-order chi connectivity index (χ0) is 28.4. The first kappa shape index (κ1) is 26.4.